The van der Waals surface area contributed by atoms with E-state index in [-0.39, 0.29) is 5.41 Å². The largest absolute Gasteiger partial charge is 0.319 e. The van der Waals surface area contributed by atoms with Gasteiger partial charge >= 0.3 is 0 Å². The molecule has 8 aromatic carbocycles. The van der Waals surface area contributed by atoms with Crippen molar-refractivity contribution >= 4 is 12.4 Å². The van der Waals surface area contributed by atoms with Crippen molar-refractivity contribution in [1.82, 2.24) is 15.0 Å². The number of hydrogen-bond donors (Lipinski definition) is 0. The van der Waals surface area contributed by atoms with Crippen LogP contribution in [0.5, 0.6) is 0 Å². The van der Waals surface area contributed by atoms with Crippen LogP contribution in [0.2, 0.25) is 0 Å². The first-order chi connectivity index (χ1) is 31.8. The van der Waals surface area contributed by atoms with Gasteiger partial charge in [-0.3, -0.25) is 0 Å². The lowest BCUT2D eigenvalue weighted by Gasteiger charge is -2.39. The van der Waals surface area contributed by atoms with Gasteiger partial charge in [-0.2, -0.15) is 0 Å². The molecule has 5 heteroatoms. The highest BCUT2D eigenvalue weighted by Gasteiger charge is 2.52. The van der Waals surface area contributed by atoms with Crippen LogP contribution < -0.4 is 5.30 Å². The summed E-state index contributed by atoms with van der Waals surface area (Å²) in [5.41, 5.74) is 14.8. The van der Waals surface area contributed by atoms with Crippen molar-refractivity contribution in [3.05, 3.63) is 217 Å². The highest BCUT2D eigenvalue weighted by atomic mass is 31.2. The molecule has 2 aliphatic carbocycles. The highest BCUT2D eigenvalue weighted by Crippen LogP contribution is 2.60. The van der Waals surface area contributed by atoms with Gasteiger partial charge in [-0.25, -0.2) is 15.0 Å². The molecule has 0 amide bonds. The number of fused-ring (bicyclic) bond motifs is 2. The van der Waals surface area contributed by atoms with Crippen LogP contribution >= 0.6 is 7.14 Å². The molecule has 11 rings (SSSR count). The zero-order valence-electron chi connectivity index (χ0n) is 36.8. The van der Waals surface area contributed by atoms with Crippen molar-refractivity contribution in [1.29, 1.82) is 0 Å². The molecule has 2 fully saturated rings. The second-order valence-corrected chi connectivity index (χ2v) is 21.6. The standard InChI is InChI=1S/C60H50N3OP/c1-65(2,64)56-35-30-47(31-36-56)51-16-10-18-54(39-51)60(40-41-19-32-55(60)37-41)53-33-28-49(29-34-53)58-61-57(62-59(63-58)52-17-9-15-50(38-52)43-13-7-4-8-14-43)48-26-24-46(25-27-48)45-22-20-44(21-23-45)42-11-5-3-6-12-42/h3-18,20-31,33-36,38-39,41,55H,19,32,37,40H2,1-2H3. The third-order valence-corrected chi connectivity index (χ3v) is 15.6. The minimum Gasteiger partial charge on any atom is -0.319 e. The highest BCUT2D eigenvalue weighted by molar-refractivity contribution is 7.70. The molecule has 0 spiro atoms. The molecule has 316 valence electrons. The van der Waals surface area contributed by atoms with Crippen LogP contribution in [0.1, 0.15) is 36.8 Å². The predicted octanol–water partition coefficient (Wildman–Crippen LogP) is 14.9. The molecular formula is C60H50N3OP. The van der Waals surface area contributed by atoms with Crippen LogP contribution in [0.25, 0.3) is 78.7 Å². The topological polar surface area (TPSA) is 55.7 Å². The summed E-state index contributed by atoms with van der Waals surface area (Å²) in [4.78, 5) is 15.5. The van der Waals surface area contributed by atoms with Crippen LogP contribution in [0.4, 0.5) is 0 Å². The Morgan fingerprint density at radius 2 is 0.815 bits per heavy atom. The maximum Gasteiger partial charge on any atom is 0.164 e. The van der Waals surface area contributed by atoms with Crippen molar-refractivity contribution < 1.29 is 4.57 Å². The lowest BCUT2D eigenvalue weighted by molar-refractivity contribution is 0.320. The van der Waals surface area contributed by atoms with Crippen LogP contribution in [-0.2, 0) is 9.98 Å². The number of aromatic nitrogens is 3. The molecular weight excluding hydrogens is 810 g/mol. The minimum atomic E-state index is -2.33. The van der Waals surface area contributed by atoms with Crippen LogP contribution in [-0.4, -0.2) is 28.3 Å². The van der Waals surface area contributed by atoms with Gasteiger partial charge in [0.15, 0.2) is 17.5 Å². The average molecular weight is 860 g/mol. The van der Waals surface area contributed by atoms with E-state index in [1.807, 2.05) is 37.6 Å². The molecule has 2 bridgehead atoms. The molecule has 2 saturated carbocycles. The minimum absolute atomic E-state index is 0.0726. The van der Waals surface area contributed by atoms with E-state index in [1.54, 1.807) is 0 Å². The molecule has 0 N–H and O–H groups in total. The number of hydrogen-bond acceptors (Lipinski definition) is 4. The monoisotopic (exact) mass is 859 g/mol. The quantitative estimate of drug-likeness (QED) is 0.129. The summed E-state index contributed by atoms with van der Waals surface area (Å²) in [6.07, 6.45) is 4.97. The molecule has 65 heavy (non-hydrogen) atoms. The van der Waals surface area contributed by atoms with Crippen LogP contribution in [0.3, 0.4) is 0 Å². The summed E-state index contributed by atoms with van der Waals surface area (Å²) in [6, 6.07) is 73.4. The Morgan fingerprint density at radius 3 is 1.34 bits per heavy atom. The molecule has 0 radical (unpaired) electrons. The summed E-state index contributed by atoms with van der Waals surface area (Å²) in [6.45, 7) is 3.67. The summed E-state index contributed by atoms with van der Waals surface area (Å²) in [5, 5.41) is 0.916. The average Bonchev–Trinajstić information content (AvgIpc) is 4.00. The zero-order valence-corrected chi connectivity index (χ0v) is 37.7. The summed E-state index contributed by atoms with van der Waals surface area (Å²) < 4.78 is 12.8. The van der Waals surface area contributed by atoms with Crippen LogP contribution in [0, 0.1) is 11.8 Å². The number of rotatable bonds is 10. The molecule has 4 nitrogen and oxygen atoms in total. The zero-order chi connectivity index (χ0) is 44.0. The Balaban J connectivity index is 0.956. The van der Waals surface area contributed by atoms with E-state index in [4.69, 9.17) is 15.0 Å². The van der Waals surface area contributed by atoms with Crippen molar-refractivity contribution in [2.75, 3.05) is 13.3 Å². The summed E-state index contributed by atoms with van der Waals surface area (Å²) in [5.74, 6) is 3.24. The lowest BCUT2D eigenvalue weighted by atomic mass is 9.64. The first-order valence-electron chi connectivity index (χ1n) is 22.8. The predicted molar refractivity (Wildman–Crippen MR) is 270 cm³/mol. The first-order valence-corrected chi connectivity index (χ1v) is 25.4. The van der Waals surface area contributed by atoms with Gasteiger partial charge in [0, 0.05) is 27.4 Å². The fourth-order valence-electron chi connectivity index (χ4n) is 10.6. The molecule has 3 unspecified atom stereocenters. The van der Waals surface area contributed by atoms with Crippen LogP contribution in [0.15, 0.2) is 206 Å². The van der Waals surface area contributed by atoms with Gasteiger partial charge in [-0.15, -0.1) is 0 Å². The van der Waals surface area contributed by atoms with Gasteiger partial charge in [-0.1, -0.05) is 207 Å². The van der Waals surface area contributed by atoms with E-state index in [1.165, 1.54) is 47.1 Å². The third kappa shape index (κ3) is 7.98. The maximum atomic E-state index is 12.8. The van der Waals surface area contributed by atoms with Crippen molar-refractivity contribution in [2.45, 2.75) is 31.1 Å². The van der Waals surface area contributed by atoms with Crippen molar-refractivity contribution in [2.24, 2.45) is 11.8 Å². The summed E-state index contributed by atoms with van der Waals surface area (Å²) >= 11 is 0. The third-order valence-electron chi connectivity index (χ3n) is 14.0. The Hall–Kier alpha value is -7.00. The second-order valence-electron chi connectivity index (χ2n) is 18.4. The molecule has 9 aromatic rings. The smallest absolute Gasteiger partial charge is 0.164 e. The molecule has 2 aliphatic rings. The van der Waals surface area contributed by atoms with E-state index in [0.717, 1.165) is 62.2 Å². The fraction of sp³-hybridized carbons (Fsp3) is 0.150. The number of benzene rings is 8. The lowest BCUT2D eigenvalue weighted by Crippen LogP contribution is -2.34. The Morgan fingerprint density at radius 1 is 0.400 bits per heavy atom. The van der Waals surface area contributed by atoms with Crippen molar-refractivity contribution in [3.63, 3.8) is 0 Å². The van der Waals surface area contributed by atoms with E-state index >= 15 is 0 Å². The van der Waals surface area contributed by atoms with E-state index in [2.05, 4.69) is 182 Å². The normalized spacial score (nSPS) is 17.9. The molecule has 1 heterocycles. The first kappa shape index (κ1) is 40.8. The Bertz CT molecular complexity index is 3180. The van der Waals surface area contributed by atoms with Gasteiger partial charge in [0.2, 0.25) is 0 Å². The molecule has 3 atom stereocenters. The SMILES string of the molecule is CP(C)(=O)c1ccc(-c2cccc(C3(c4ccc(-c5nc(-c6ccc(-c7ccc(-c8ccccc8)cc7)cc6)nc(-c6cccc(-c7ccccc7)c6)n5)cc4)CC4CCC3C4)c2)cc1. The molecule has 0 saturated heterocycles. The Labute approximate surface area is 382 Å². The van der Waals surface area contributed by atoms with Gasteiger partial charge < -0.3 is 4.57 Å². The van der Waals surface area contributed by atoms with Gasteiger partial charge in [0.25, 0.3) is 0 Å². The van der Waals surface area contributed by atoms with E-state index in [0.29, 0.717) is 23.4 Å². The van der Waals surface area contributed by atoms with E-state index < -0.39 is 7.14 Å². The molecule has 1 aromatic heterocycles. The van der Waals surface area contributed by atoms with Crippen molar-refractivity contribution in [3.8, 4) is 78.7 Å². The maximum absolute atomic E-state index is 12.8. The van der Waals surface area contributed by atoms with Gasteiger partial charge in [0.05, 0.1) is 0 Å². The van der Waals surface area contributed by atoms with E-state index in [9.17, 15) is 4.57 Å². The van der Waals surface area contributed by atoms with Gasteiger partial charge in [-0.05, 0) is 106 Å². The van der Waals surface area contributed by atoms with Gasteiger partial charge in [0.1, 0.15) is 7.14 Å². The summed E-state index contributed by atoms with van der Waals surface area (Å²) in [7, 11) is -2.33. The fourth-order valence-corrected chi connectivity index (χ4v) is 11.5. The number of nitrogens with zero attached hydrogens (tertiary/aromatic N) is 3. The Kier molecular flexibility index (Phi) is 10.6. The molecule has 0 aliphatic heterocycles. The second kappa shape index (κ2) is 16.8.